The predicted octanol–water partition coefficient (Wildman–Crippen LogP) is 4.43. The second-order valence-corrected chi connectivity index (χ2v) is 5.78. The molecule has 0 amide bonds. The highest BCUT2D eigenvalue weighted by molar-refractivity contribution is 5.33. The monoisotopic (exact) mass is 246 g/mol. The van der Waals surface area contributed by atoms with Crippen molar-refractivity contribution in [1.82, 2.24) is 0 Å². The fourth-order valence-electron chi connectivity index (χ4n) is 3.33. The number of hydrogen-bond donors (Lipinski definition) is 1. The minimum Gasteiger partial charge on any atom is -0.385 e. The highest BCUT2D eigenvalue weighted by atomic mass is 16.3. The van der Waals surface area contributed by atoms with Gasteiger partial charge in [0.2, 0.25) is 0 Å². The van der Waals surface area contributed by atoms with E-state index in [1.54, 1.807) is 0 Å². The van der Waals surface area contributed by atoms with Crippen LogP contribution in [0.3, 0.4) is 0 Å². The van der Waals surface area contributed by atoms with E-state index < -0.39 is 5.60 Å². The zero-order valence-electron chi connectivity index (χ0n) is 11.8. The third kappa shape index (κ3) is 2.77. The van der Waals surface area contributed by atoms with Crippen LogP contribution in [0.15, 0.2) is 24.3 Å². The lowest BCUT2D eigenvalue weighted by Gasteiger charge is -2.32. The number of hydrogen-bond acceptors (Lipinski definition) is 1. The summed E-state index contributed by atoms with van der Waals surface area (Å²) in [6.07, 6.45) is 7.68. The molecule has 2 rings (SSSR count). The average molecular weight is 246 g/mol. The molecule has 1 N–H and O–H groups in total. The lowest BCUT2D eigenvalue weighted by molar-refractivity contribution is 0.000781. The summed E-state index contributed by atoms with van der Waals surface area (Å²) in [4.78, 5) is 0. The van der Waals surface area contributed by atoms with Gasteiger partial charge in [-0.2, -0.15) is 0 Å². The Hall–Kier alpha value is -0.820. The molecule has 1 unspecified atom stereocenters. The van der Waals surface area contributed by atoms with Crippen molar-refractivity contribution in [2.45, 2.75) is 64.4 Å². The Morgan fingerprint density at radius 1 is 1.17 bits per heavy atom. The van der Waals surface area contributed by atoms with Gasteiger partial charge in [0.15, 0.2) is 0 Å². The van der Waals surface area contributed by atoms with Crippen molar-refractivity contribution in [3.05, 3.63) is 35.4 Å². The van der Waals surface area contributed by atoms with Crippen molar-refractivity contribution >= 4 is 0 Å². The van der Waals surface area contributed by atoms with Crippen molar-refractivity contribution in [2.24, 2.45) is 5.92 Å². The van der Waals surface area contributed by atoms with E-state index in [0.717, 1.165) is 25.7 Å². The van der Waals surface area contributed by atoms with Crippen LogP contribution in [0.1, 0.15) is 63.5 Å². The maximum atomic E-state index is 11.1. The smallest absolute Gasteiger partial charge is 0.0901 e. The minimum atomic E-state index is -0.580. The summed E-state index contributed by atoms with van der Waals surface area (Å²) in [7, 11) is 0. The van der Waals surface area contributed by atoms with Crippen molar-refractivity contribution in [2.75, 3.05) is 0 Å². The van der Waals surface area contributed by atoms with Crippen LogP contribution in [0, 0.1) is 5.92 Å². The van der Waals surface area contributed by atoms with Crippen LogP contribution in [-0.4, -0.2) is 5.11 Å². The van der Waals surface area contributed by atoms with E-state index >= 15 is 0 Å². The highest BCUT2D eigenvalue weighted by Crippen LogP contribution is 2.39. The molecule has 1 aliphatic rings. The largest absolute Gasteiger partial charge is 0.385 e. The van der Waals surface area contributed by atoms with Gasteiger partial charge in [0.05, 0.1) is 5.60 Å². The highest BCUT2D eigenvalue weighted by Gasteiger charge is 2.34. The molecule has 0 spiro atoms. The van der Waals surface area contributed by atoms with Gasteiger partial charge in [0.1, 0.15) is 0 Å². The van der Waals surface area contributed by atoms with Gasteiger partial charge in [0, 0.05) is 0 Å². The maximum absolute atomic E-state index is 11.1. The Kier molecular flexibility index (Phi) is 4.45. The third-order valence-electron chi connectivity index (χ3n) is 4.59. The maximum Gasteiger partial charge on any atom is 0.0901 e. The quantitative estimate of drug-likeness (QED) is 0.779. The molecule has 0 aliphatic heterocycles. The standard InChI is InChI=1S/C17H26O/c1-3-14(4-2)13-17(18)12-8-7-10-15-9-5-6-11-16(15)17/h5-6,9,11,14,18H,3-4,7-8,10,12-13H2,1-2H3. The molecule has 1 aliphatic carbocycles. The summed E-state index contributed by atoms with van der Waals surface area (Å²) in [6.45, 7) is 4.47. The molecule has 0 aromatic heterocycles. The van der Waals surface area contributed by atoms with Gasteiger partial charge >= 0.3 is 0 Å². The van der Waals surface area contributed by atoms with Crippen LogP contribution in [0.4, 0.5) is 0 Å². The first-order valence-corrected chi connectivity index (χ1v) is 7.50. The van der Waals surface area contributed by atoms with Crippen LogP contribution in [0.5, 0.6) is 0 Å². The normalized spacial score (nSPS) is 23.8. The summed E-state index contributed by atoms with van der Waals surface area (Å²) in [5.74, 6) is 0.640. The molecule has 0 radical (unpaired) electrons. The van der Waals surface area contributed by atoms with Gasteiger partial charge in [-0.1, -0.05) is 51.0 Å². The molecule has 0 saturated heterocycles. The number of fused-ring (bicyclic) bond motifs is 1. The van der Waals surface area contributed by atoms with E-state index in [1.165, 1.54) is 30.4 Å². The molecule has 18 heavy (non-hydrogen) atoms. The first kappa shape index (κ1) is 13.6. The van der Waals surface area contributed by atoms with E-state index in [2.05, 4.69) is 38.1 Å². The number of aliphatic hydroxyl groups is 1. The summed E-state index contributed by atoms with van der Waals surface area (Å²) in [5, 5.41) is 11.1. The molecule has 100 valence electrons. The molecule has 1 nitrogen and oxygen atoms in total. The van der Waals surface area contributed by atoms with Gasteiger partial charge in [-0.05, 0) is 49.1 Å². The minimum absolute atomic E-state index is 0.580. The van der Waals surface area contributed by atoms with Crippen molar-refractivity contribution in [3.63, 3.8) is 0 Å². The molecule has 0 bridgehead atoms. The molecule has 1 heteroatoms. The van der Waals surface area contributed by atoms with Gasteiger partial charge in [0.25, 0.3) is 0 Å². The summed E-state index contributed by atoms with van der Waals surface area (Å²) in [6, 6.07) is 8.51. The molecule has 1 aromatic carbocycles. The number of rotatable bonds is 4. The Labute approximate surface area is 111 Å². The van der Waals surface area contributed by atoms with Crippen LogP contribution in [-0.2, 0) is 12.0 Å². The second-order valence-electron chi connectivity index (χ2n) is 5.78. The van der Waals surface area contributed by atoms with E-state index in [-0.39, 0.29) is 0 Å². The van der Waals surface area contributed by atoms with Crippen LogP contribution in [0.2, 0.25) is 0 Å². The van der Waals surface area contributed by atoms with E-state index in [9.17, 15) is 5.11 Å². The number of benzene rings is 1. The van der Waals surface area contributed by atoms with E-state index in [0.29, 0.717) is 5.92 Å². The molecule has 1 aromatic rings. The molecule has 0 fully saturated rings. The Morgan fingerprint density at radius 3 is 2.61 bits per heavy atom. The SMILES string of the molecule is CCC(CC)CC1(O)CCCCc2ccccc21. The Morgan fingerprint density at radius 2 is 1.89 bits per heavy atom. The van der Waals surface area contributed by atoms with E-state index in [1.807, 2.05) is 0 Å². The summed E-state index contributed by atoms with van der Waals surface area (Å²) >= 11 is 0. The first-order valence-electron chi connectivity index (χ1n) is 7.50. The van der Waals surface area contributed by atoms with Gasteiger partial charge < -0.3 is 5.11 Å². The summed E-state index contributed by atoms with van der Waals surface area (Å²) < 4.78 is 0. The Bertz CT molecular complexity index is 381. The molecular formula is C17H26O. The fourth-order valence-corrected chi connectivity index (χ4v) is 3.33. The van der Waals surface area contributed by atoms with Gasteiger partial charge in [-0.15, -0.1) is 0 Å². The second kappa shape index (κ2) is 5.88. The van der Waals surface area contributed by atoms with Crippen LogP contribution >= 0.6 is 0 Å². The van der Waals surface area contributed by atoms with Crippen LogP contribution < -0.4 is 0 Å². The van der Waals surface area contributed by atoms with E-state index in [4.69, 9.17) is 0 Å². The number of aryl methyl sites for hydroxylation is 1. The third-order valence-corrected chi connectivity index (χ3v) is 4.59. The predicted molar refractivity (Wildman–Crippen MR) is 76.6 cm³/mol. The molecule has 0 saturated carbocycles. The average Bonchev–Trinajstić information content (AvgIpc) is 2.57. The van der Waals surface area contributed by atoms with Crippen LogP contribution in [0.25, 0.3) is 0 Å². The van der Waals surface area contributed by atoms with Crippen molar-refractivity contribution < 1.29 is 5.11 Å². The lowest BCUT2D eigenvalue weighted by atomic mass is 9.79. The lowest BCUT2D eigenvalue weighted by Crippen LogP contribution is -2.29. The van der Waals surface area contributed by atoms with Crippen molar-refractivity contribution in [1.29, 1.82) is 0 Å². The molecule has 0 heterocycles. The van der Waals surface area contributed by atoms with Gasteiger partial charge in [-0.3, -0.25) is 0 Å². The van der Waals surface area contributed by atoms with Crippen molar-refractivity contribution in [3.8, 4) is 0 Å². The summed E-state index contributed by atoms with van der Waals surface area (Å²) in [5.41, 5.74) is 1.99. The first-order chi connectivity index (χ1) is 8.69. The zero-order chi connectivity index (χ0) is 13.0. The van der Waals surface area contributed by atoms with Gasteiger partial charge in [-0.25, -0.2) is 0 Å². The molecule has 1 atom stereocenters. The molecular weight excluding hydrogens is 220 g/mol. The topological polar surface area (TPSA) is 20.2 Å². The fraction of sp³-hybridized carbons (Fsp3) is 0.647. The zero-order valence-corrected chi connectivity index (χ0v) is 11.8. The Balaban J connectivity index is 2.30.